The molecule has 2 amide bonds. The van der Waals surface area contributed by atoms with Crippen LogP contribution in [0.15, 0.2) is 53.4 Å². The zero-order chi connectivity index (χ0) is 21.2. The highest BCUT2D eigenvalue weighted by Gasteiger charge is 2.15. The van der Waals surface area contributed by atoms with Crippen molar-refractivity contribution < 1.29 is 19.1 Å². The van der Waals surface area contributed by atoms with Crippen LogP contribution in [0.3, 0.4) is 0 Å². The lowest BCUT2D eigenvalue weighted by Gasteiger charge is -2.13. The van der Waals surface area contributed by atoms with E-state index in [2.05, 4.69) is 10.6 Å². The van der Waals surface area contributed by atoms with Gasteiger partial charge in [-0.1, -0.05) is 13.0 Å². The van der Waals surface area contributed by atoms with Crippen molar-refractivity contribution in [3.05, 3.63) is 54.1 Å². The number of carbonyl (C=O) groups excluding carboxylic acids is 3. The quantitative estimate of drug-likeness (QED) is 0.458. The van der Waals surface area contributed by atoms with Gasteiger partial charge in [0.2, 0.25) is 11.8 Å². The van der Waals surface area contributed by atoms with Crippen molar-refractivity contribution in [2.75, 3.05) is 17.2 Å². The standard InChI is InChI=1S/C22H26N2O4S/c1-4-7-20(25)23-18-8-6-9-19(14-18)29-15(3)21(26)24-17-12-10-16(11-13-17)22(27)28-5-2/h6,8-15H,4-5,7H2,1-3H3,(H,23,25)(H,24,26). The molecule has 6 nitrogen and oxygen atoms in total. The third-order valence-corrected chi connectivity index (χ3v) is 5.03. The normalized spacial score (nSPS) is 11.4. The predicted molar refractivity (Wildman–Crippen MR) is 116 cm³/mol. The second-order valence-electron chi connectivity index (χ2n) is 6.37. The Morgan fingerprint density at radius 1 is 1.00 bits per heavy atom. The number of rotatable bonds is 9. The van der Waals surface area contributed by atoms with Crippen LogP contribution in [0.2, 0.25) is 0 Å². The Morgan fingerprint density at radius 2 is 1.72 bits per heavy atom. The number of anilines is 2. The lowest BCUT2D eigenvalue weighted by molar-refractivity contribution is -0.116. The third-order valence-electron chi connectivity index (χ3n) is 3.94. The minimum absolute atomic E-state index is 0.0216. The molecule has 1 atom stereocenters. The third kappa shape index (κ3) is 7.27. The maximum absolute atomic E-state index is 12.5. The zero-order valence-electron chi connectivity index (χ0n) is 16.9. The van der Waals surface area contributed by atoms with Crippen LogP contribution in [0.1, 0.15) is 44.0 Å². The van der Waals surface area contributed by atoms with Gasteiger partial charge in [-0.2, -0.15) is 0 Å². The molecule has 0 spiro atoms. The number of hydrogen-bond acceptors (Lipinski definition) is 5. The highest BCUT2D eigenvalue weighted by Crippen LogP contribution is 2.27. The summed E-state index contributed by atoms with van der Waals surface area (Å²) in [6.45, 7) is 5.84. The molecule has 0 saturated carbocycles. The second kappa shape index (κ2) is 11.3. The van der Waals surface area contributed by atoms with Gasteiger partial charge in [-0.25, -0.2) is 4.79 Å². The van der Waals surface area contributed by atoms with Crippen LogP contribution in [-0.2, 0) is 14.3 Å². The van der Waals surface area contributed by atoms with Crippen molar-refractivity contribution in [1.82, 2.24) is 0 Å². The van der Waals surface area contributed by atoms with E-state index >= 15 is 0 Å². The van der Waals surface area contributed by atoms with Crippen LogP contribution in [0.4, 0.5) is 11.4 Å². The number of thioether (sulfide) groups is 1. The van der Waals surface area contributed by atoms with Gasteiger partial charge in [0.15, 0.2) is 0 Å². The van der Waals surface area contributed by atoms with E-state index in [-0.39, 0.29) is 23.0 Å². The fraction of sp³-hybridized carbons (Fsp3) is 0.318. The average molecular weight is 415 g/mol. The van der Waals surface area contributed by atoms with Gasteiger partial charge in [0.1, 0.15) is 0 Å². The Morgan fingerprint density at radius 3 is 2.38 bits per heavy atom. The molecule has 0 aliphatic carbocycles. The molecule has 0 aromatic heterocycles. The van der Waals surface area contributed by atoms with E-state index in [4.69, 9.17) is 4.74 Å². The van der Waals surface area contributed by atoms with Crippen LogP contribution in [0.25, 0.3) is 0 Å². The summed E-state index contributed by atoms with van der Waals surface area (Å²) in [4.78, 5) is 36.8. The monoisotopic (exact) mass is 414 g/mol. The van der Waals surface area contributed by atoms with Crippen molar-refractivity contribution in [3.8, 4) is 0 Å². The first kappa shape index (κ1) is 22.5. The van der Waals surface area contributed by atoms with Gasteiger partial charge in [-0.15, -0.1) is 11.8 Å². The van der Waals surface area contributed by atoms with E-state index in [1.54, 1.807) is 31.2 Å². The maximum atomic E-state index is 12.5. The smallest absolute Gasteiger partial charge is 0.338 e. The average Bonchev–Trinajstić information content (AvgIpc) is 2.69. The fourth-order valence-corrected chi connectivity index (χ4v) is 3.43. The molecule has 1 unspecified atom stereocenters. The van der Waals surface area contributed by atoms with Crippen molar-refractivity contribution in [2.24, 2.45) is 0 Å². The molecule has 7 heteroatoms. The van der Waals surface area contributed by atoms with Crippen molar-refractivity contribution in [2.45, 2.75) is 43.8 Å². The number of benzene rings is 2. The molecule has 154 valence electrons. The summed E-state index contributed by atoms with van der Waals surface area (Å²) in [6, 6.07) is 14.0. The van der Waals surface area contributed by atoms with E-state index in [1.165, 1.54) is 11.8 Å². The second-order valence-corrected chi connectivity index (χ2v) is 7.79. The van der Waals surface area contributed by atoms with Gasteiger partial charge in [0.25, 0.3) is 0 Å². The highest BCUT2D eigenvalue weighted by molar-refractivity contribution is 8.00. The molecule has 29 heavy (non-hydrogen) atoms. The molecule has 0 heterocycles. The Bertz CT molecular complexity index is 852. The first-order valence-electron chi connectivity index (χ1n) is 9.57. The predicted octanol–water partition coefficient (Wildman–Crippen LogP) is 4.72. The SMILES string of the molecule is CCCC(=O)Nc1cccc(SC(C)C(=O)Nc2ccc(C(=O)OCC)cc2)c1. The van der Waals surface area contributed by atoms with Crippen LogP contribution in [0.5, 0.6) is 0 Å². The molecule has 0 bridgehead atoms. The van der Waals surface area contributed by atoms with E-state index in [0.717, 1.165) is 17.0 Å². The molecule has 0 radical (unpaired) electrons. The van der Waals surface area contributed by atoms with Gasteiger partial charge in [0, 0.05) is 22.7 Å². The van der Waals surface area contributed by atoms with Crippen molar-refractivity contribution in [3.63, 3.8) is 0 Å². The summed E-state index contributed by atoms with van der Waals surface area (Å²) >= 11 is 1.40. The van der Waals surface area contributed by atoms with E-state index in [9.17, 15) is 14.4 Å². The van der Waals surface area contributed by atoms with Gasteiger partial charge in [-0.3, -0.25) is 9.59 Å². The zero-order valence-corrected chi connectivity index (χ0v) is 17.7. The minimum atomic E-state index is -0.389. The molecule has 0 saturated heterocycles. The summed E-state index contributed by atoms with van der Waals surface area (Å²) in [5.74, 6) is -0.564. The van der Waals surface area contributed by atoms with E-state index in [1.807, 2.05) is 38.1 Å². The Balaban J connectivity index is 1.93. The van der Waals surface area contributed by atoms with Crippen LogP contribution >= 0.6 is 11.8 Å². The molecule has 0 aliphatic rings. The first-order chi connectivity index (χ1) is 13.9. The summed E-state index contributed by atoms with van der Waals surface area (Å²) in [6.07, 6.45) is 1.27. The first-order valence-corrected chi connectivity index (χ1v) is 10.5. The van der Waals surface area contributed by atoms with Crippen LogP contribution < -0.4 is 10.6 Å². The summed E-state index contributed by atoms with van der Waals surface area (Å²) < 4.78 is 4.94. The summed E-state index contributed by atoms with van der Waals surface area (Å²) in [7, 11) is 0. The number of carbonyl (C=O) groups is 3. The van der Waals surface area contributed by atoms with Crippen molar-refractivity contribution in [1.29, 1.82) is 0 Å². The Hall–Kier alpha value is -2.80. The van der Waals surface area contributed by atoms with Crippen LogP contribution in [-0.4, -0.2) is 29.6 Å². The number of esters is 1. The topological polar surface area (TPSA) is 84.5 Å². The summed E-state index contributed by atoms with van der Waals surface area (Å²) in [5.41, 5.74) is 1.76. The number of ether oxygens (including phenoxy) is 1. The van der Waals surface area contributed by atoms with Crippen LogP contribution in [0, 0.1) is 0 Å². The van der Waals surface area contributed by atoms with Crippen molar-refractivity contribution >= 4 is 40.9 Å². The molecule has 0 aliphatic heterocycles. The lowest BCUT2D eigenvalue weighted by Crippen LogP contribution is -2.22. The lowest BCUT2D eigenvalue weighted by atomic mass is 10.2. The number of amides is 2. The van der Waals surface area contributed by atoms with Gasteiger partial charge < -0.3 is 15.4 Å². The highest BCUT2D eigenvalue weighted by atomic mass is 32.2. The molecule has 0 fully saturated rings. The van der Waals surface area contributed by atoms with E-state index in [0.29, 0.717) is 24.3 Å². The maximum Gasteiger partial charge on any atom is 0.338 e. The molecular formula is C22H26N2O4S. The molecule has 2 rings (SSSR count). The summed E-state index contributed by atoms with van der Waals surface area (Å²) in [5, 5.41) is 5.35. The molecule has 2 N–H and O–H groups in total. The van der Waals surface area contributed by atoms with Gasteiger partial charge in [0.05, 0.1) is 17.4 Å². The Kier molecular flexibility index (Phi) is 8.73. The fourth-order valence-electron chi connectivity index (χ4n) is 2.50. The number of hydrogen-bond donors (Lipinski definition) is 2. The molecule has 2 aromatic carbocycles. The van der Waals surface area contributed by atoms with Gasteiger partial charge >= 0.3 is 5.97 Å². The molecule has 2 aromatic rings. The largest absolute Gasteiger partial charge is 0.462 e. The number of nitrogens with one attached hydrogen (secondary N) is 2. The Labute approximate surface area is 175 Å². The minimum Gasteiger partial charge on any atom is -0.462 e. The van der Waals surface area contributed by atoms with E-state index < -0.39 is 0 Å². The molecular weight excluding hydrogens is 388 g/mol. The van der Waals surface area contributed by atoms with Gasteiger partial charge in [-0.05, 0) is 62.7 Å².